The fourth-order valence-corrected chi connectivity index (χ4v) is 2.40. The van der Waals surface area contributed by atoms with Crippen molar-refractivity contribution in [2.75, 3.05) is 5.32 Å². The summed E-state index contributed by atoms with van der Waals surface area (Å²) in [6, 6.07) is 20.0. The van der Waals surface area contributed by atoms with Crippen LogP contribution in [0, 0.1) is 0 Å². The zero-order chi connectivity index (χ0) is 15.5. The van der Waals surface area contributed by atoms with E-state index in [1.54, 1.807) is 4.68 Å². The molecule has 0 aliphatic carbocycles. The topological polar surface area (TPSA) is 68.5 Å². The van der Waals surface area contributed by atoms with Crippen LogP contribution in [0.2, 0.25) is 0 Å². The molecule has 112 valence electrons. The molecular formula is C17H14N6. The SMILES string of the molecule is c1ccc(Cn2nnc3c(Nc4ccccc4)ncnc32)cc1. The molecule has 0 atom stereocenters. The van der Waals surface area contributed by atoms with Crippen molar-refractivity contribution >= 4 is 22.7 Å². The van der Waals surface area contributed by atoms with Crippen LogP contribution >= 0.6 is 0 Å². The summed E-state index contributed by atoms with van der Waals surface area (Å²) in [5.74, 6) is 0.653. The first-order valence-corrected chi connectivity index (χ1v) is 7.30. The van der Waals surface area contributed by atoms with Gasteiger partial charge in [0.25, 0.3) is 0 Å². The van der Waals surface area contributed by atoms with E-state index in [0.29, 0.717) is 23.5 Å². The predicted octanol–water partition coefficient (Wildman–Crippen LogP) is 3.01. The highest BCUT2D eigenvalue weighted by atomic mass is 15.4. The molecule has 2 aromatic carbocycles. The van der Waals surface area contributed by atoms with E-state index in [9.17, 15) is 0 Å². The molecule has 0 saturated heterocycles. The van der Waals surface area contributed by atoms with Crippen LogP contribution in [0.15, 0.2) is 67.0 Å². The second-order valence-corrected chi connectivity index (χ2v) is 5.12. The maximum atomic E-state index is 4.33. The molecule has 0 spiro atoms. The smallest absolute Gasteiger partial charge is 0.184 e. The predicted molar refractivity (Wildman–Crippen MR) is 88.4 cm³/mol. The Kier molecular flexibility index (Phi) is 3.40. The van der Waals surface area contributed by atoms with Crippen molar-refractivity contribution in [2.24, 2.45) is 0 Å². The van der Waals surface area contributed by atoms with Gasteiger partial charge < -0.3 is 5.32 Å². The van der Waals surface area contributed by atoms with E-state index in [1.807, 2.05) is 48.5 Å². The summed E-state index contributed by atoms with van der Waals surface area (Å²) < 4.78 is 1.78. The summed E-state index contributed by atoms with van der Waals surface area (Å²) in [6.45, 7) is 0.624. The molecular weight excluding hydrogens is 288 g/mol. The van der Waals surface area contributed by atoms with Crippen molar-refractivity contribution in [3.8, 4) is 0 Å². The molecule has 1 N–H and O–H groups in total. The number of fused-ring (bicyclic) bond motifs is 1. The minimum Gasteiger partial charge on any atom is -0.338 e. The second kappa shape index (κ2) is 5.84. The van der Waals surface area contributed by atoms with Gasteiger partial charge in [0.1, 0.15) is 6.33 Å². The van der Waals surface area contributed by atoms with Crippen molar-refractivity contribution in [3.05, 3.63) is 72.6 Å². The molecule has 6 heteroatoms. The van der Waals surface area contributed by atoms with Gasteiger partial charge in [0.05, 0.1) is 6.54 Å². The molecule has 0 bridgehead atoms. The Morgan fingerprint density at radius 1 is 0.870 bits per heavy atom. The Bertz CT molecular complexity index is 918. The Morgan fingerprint density at radius 3 is 2.39 bits per heavy atom. The van der Waals surface area contributed by atoms with Crippen LogP contribution in [0.3, 0.4) is 0 Å². The molecule has 0 amide bonds. The summed E-state index contributed by atoms with van der Waals surface area (Å²) in [4.78, 5) is 8.61. The molecule has 0 unspecified atom stereocenters. The molecule has 0 aliphatic rings. The molecule has 0 radical (unpaired) electrons. The molecule has 0 fully saturated rings. The van der Waals surface area contributed by atoms with Crippen molar-refractivity contribution in [1.82, 2.24) is 25.0 Å². The van der Waals surface area contributed by atoms with Crippen molar-refractivity contribution < 1.29 is 0 Å². The van der Waals surface area contributed by atoms with Gasteiger partial charge in [0, 0.05) is 5.69 Å². The largest absolute Gasteiger partial charge is 0.338 e. The normalized spacial score (nSPS) is 10.8. The number of para-hydroxylation sites is 1. The lowest BCUT2D eigenvalue weighted by atomic mass is 10.2. The van der Waals surface area contributed by atoms with Gasteiger partial charge in [-0.25, -0.2) is 14.6 Å². The first kappa shape index (κ1) is 13.4. The number of rotatable bonds is 4. The van der Waals surface area contributed by atoms with Gasteiger partial charge in [-0.1, -0.05) is 53.7 Å². The zero-order valence-electron chi connectivity index (χ0n) is 12.3. The summed E-state index contributed by atoms with van der Waals surface area (Å²) in [5.41, 5.74) is 3.47. The molecule has 0 saturated carbocycles. The van der Waals surface area contributed by atoms with Crippen LogP contribution in [0.1, 0.15) is 5.56 Å². The van der Waals surface area contributed by atoms with E-state index in [-0.39, 0.29) is 0 Å². The van der Waals surface area contributed by atoms with E-state index in [0.717, 1.165) is 11.3 Å². The number of nitrogens with one attached hydrogen (secondary N) is 1. The van der Waals surface area contributed by atoms with Crippen molar-refractivity contribution in [2.45, 2.75) is 6.54 Å². The van der Waals surface area contributed by atoms with Gasteiger partial charge in [-0.05, 0) is 17.7 Å². The Hall–Kier alpha value is -3.28. The van der Waals surface area contributed by atoms with Gasteiger partial charge in [0.15, 0.2) is 17.0 Å². The number of hydrogen-bond donors (Lipinski definition) is 1. The van der Waals surface area contributed by atoms with E-state index < -0.39 is 0 Å². The zero-order valence-corrected chi connectivity index (χ0v) is 12.3. The lowest BCUT2D eigenvalue weighted by Crippen LogP contribution is -2.03. The number of benzene rings is 2. The standard InChI is InChI=1S/C17H14N6/c1-3-7-13(8-4-1)11-23-17-15(21-22-23)16(18-12-19-17)20-14-9-5-2-6-10-14/h1-10,12H,11H2,(H,18,19,20). The van der Waals surface area contributed by atoms with Crippen LogP contribution in [-0.4, -0.2) is 25.0 Å². The lowest BCUT2D eigenvalue weighted by Gasteiger charge is -2.05. The minimum absolute atomic E-state index is 0.624. The summed E-state index contributed by atoms with van der Waals surface area (Å²) in [6.07, 6.45) is 1.53. The van der Waals surface area contributed by atoms with Gasteiger partial charge in [0.2, 0.25) is 0 Å². The molecule has 2 heterocycles. The van der Waals surface area contributed by atoms with E-state index in [4.69, 9.17) is 0 Å². The lowest BCUT2D eigenvalue weighted by molar-refractivity contribution is 0.664. The third-order valence-electron chi connectivity index (χ3n) is 3.51. The maximum absolute atomic E-state index is 4.33. The molecule has 2 aromatic heterocycles. The molecule has 6 nitrogen and oxygen atoms in total. The van der Waals surface area contributed by atoms with E-state index in [1.165, 1.54) is 6.33 Å². The Morgan fingerprint density at radius 2 is 1.61 bits per heavy atom. The Labute approximate surface area is 132 Å². The van der Waals surface area contributed by atoms with Gasteiger partial charge in [-0.2, -0.15) is 0 Å². The number of nitrogens with zero attached hydrogens (tertiary/aromatic N) is 5. The highest BCUT2D eigenvalue weighted by Crippen LogP contribution is 2.20. The highest BCUT2D eigenvalue weighted by Gasteiger charge is 2.12. The number of hydrogen-bond acceptors (Lipinski definition) is 5. The van der Waals surface area contributed by atoms with Crippen LogP contribution in [0.5, 0.6) is 0 Å². The van der Waals surface area contributed by atoms with E-state index in [2.05, 4.69) is 37.7 Å². The average Bonchev–Trinajstić information content (AvgIpc) is 3.01. The third-order valence-corrected chi connectivity index (χ3v) is 3.51. The fourth-order valence-electron chi connectivity index (χ4n) is 2.40. The summed E-state index contributed by atoms with van der Waals surface area (Å²) >= 11 is 0. The average molecular weight is 302 g/mol. The van der Waals surface area contributed by atoms with Gasteiger partial charge in [-0.3, -0.25) is 0 Å². The van der Waals surface area contributed by atoms with Crippen LogP contribution in [0.25, 0.3) is 11.2 Å². The summed E-state index contributed by atoms with van der Waals surface area (Å²) in [7, 11) is 0. The first-order valence-electron chi connectivity index (χ1n) is 7.30. The number of anilines is 2. The fraction of sp³-hybridized carbons (Fsp3) is 0.0588. The van der Waals surface area contributed by atoms with Crippen molar-refractivity contribution in [3.63, 3.8) is 0 Å². The van der Waals surface area contributed by atoms with Crippen LogP contribution < -0.4 is 5.32 Å². The number of aromatic nitrogens is 5. The van der Waals surface area contributed by atoms with Gasteiger partial charge >= 0.3 is 0 Å². The van der Waals surface area contributed by atoms with Crippen molar-refractivity contribution in [1.29, 1.82) is 0 Å². The van der Waals surface area contributed by atoms with E-state index >= 15 is 0 Å². The first-order chi connectivity index (χ1) is 11.4. The molecule has 4 aromatic rings. The second-order valence-electron chi connectivity index (χ2n) is 5.12. The van der Waals surface area contributed by atoms with Crippen LogP contribution in [0.4, 0.5) is 11.5 Å². The summed E-state index contributed by atoms with van der Waals surface area (Å²) in [5, 5.41) is 11.7. The minimum atomic E-state index is 0.624. The third kappa shape index (κ3) is 2.74. The monoisotopic (exact) mass is 302 g/mol. The maximum Gasteiger partial charge on any atom is 0.184 e. The quantitative estimate of drug-likeness (QED) is 0.627. The van der Waals surface area contributed by atoms with Gasteiger partial charge in [-0.15, -0.1) is 5.10 Å². The molecule has 4 rings (SSSR count). The highest BCUT2D eigenvalue weighted by molar-refractivity contribution is 5.84. The Balaban J connectivity index is 1.69. The molecule has 0 aliphatic heterocycles. The molecule has 23 heavy (non-hydrogen) atoms. The van der Waals surface area contributed by atoms with Crippen LogP contribution in [-0.2, 0) is 6.54 Å².